The number of sulfonamides is 1. The van der Waals surface area contributed by atoms with Gasteiger partial charge < -0.3 is 10.2 Å². The van der Waals surface area contributed by atoms with E-state index in [0.29, 0.717) is 35.7 Å². The highest BCUT2D eigenvalue weighted by Gasteiger charge is 2.47. The highest BCUT2D eigenvalue weighted by molar-refractivity contribution is 7.89. The van der Waals surface area contributed by atoms with E-state index in [9.17, 15) is 18.0 Å². The number of halogens is 1. The first-order valence-electron chi connectivity index (χ1n) is 11.5. The van der Waals surface area contributed by atoms with E-state index in [2.05, 4.69) is 10.3 Å². The van der Waals surface area contributed by atoms with Gasteiger partial charge in [-0.15, -0.1) is 0 Å². The maximum atomic E-state index is 13.1. The van der Waals surface area contributed by atoms with Crippen molar-refractivity contribution in [1.29, 1.82) is 0 Å². The monoisotopic (exact) mass is 516 g/mol. The average Bonchev–Trinajstić information content (AvgIpc) is 3.13. The zero-order valence-electron chi connectivity index (χ0n) is 20.0. The van der Waals surface area contributed by atoms with Crippen LogP contribution in [0.5, 0.6) is 0 Å². The maximum Gasteiger partial charge on any atom is 0.253 e. The minimum atomic E-state index is -3.51. The van der Waals surface area contributed by atoms with Gasteiger partial charge in [0.25, 0.3) is 11.8 Å². The van der Waals surface area contributed by atoms with Gasteiger partial charge in [-0.05, 0) is 73.7 Å². The fourth-order valence-electron chi connectivity index (χ4n) is 4.47. The Morgan fingerprint density at radius 1 is 1.14 bits per heavy atom. The largest absolute Gasteiger partial charge is 0.345 e. The lowest BCUT2D eigenvalue weighted by Crippen LogP contribution is -2.50. The number of hydrogen-bond donors (Lipinski definition) is 1. The molecule has 8 nitrogen and oxygen atoms in total. The zero-order valence-corrected chi connectivity index (χ0v) is 21.6. The molecule has 35 heavy (non-hydrogen) atoms. The molecule has 2 amide bonds. The predicted molar refractivity (Wildman–Crippen MR) is 136 cm³/mol. The third-order valence-electron chi connectivity index (χ3n) is 6.67. The third kappa shape index (κ3) is 5.27. The summed E-state index contributed by atoms with van der Waals surface area (Å²) in [5.74, 6) is 0.178. The second kappa shape index (κ2) is 9.72. The SMILES string of the molecule is Cc1cc(C(=O)N(C)C)ccc1CCS(=O)(=O)N1CCC2(CC1)N=C(c1ccc(Cl)cc1)NC2=O. The van der Waals surface area contributed by atoms with Crippen LogP contribution in [0.25, 0.3) is 0 Å². The Hall–Kier alpha value is -2.75. The van der Waals surface area contributed by atoms with Gasteiger partial charge in [0.2, 0.25) is 10.0 Å². The molecule has 2 aliphatic heterocycles. The Bertz CT molecular complexity index is 1280. The van der Waals surface area contributed by atoms with Gasteiger partial charge in [0.1, 0.15) is 11.4 Å². The standard InChI is InChI=1S/C25H29ClN4O4S/c1-17-16-20(23(31)29(2)3)5-4-18(17)10-15-35(33,34)30-13-11-25(12-14-30)24(32)27-22(28-25)19-6-8-21(26)9-7-19/h4-9,16H,10-15H2,1-3H3,(H,27,28,32). The lowest BCUT2D eigenvalue weighted by molar-refractivity contribution is -0.124. The molecular formula is C25H29ClN4O4S. The number of carbonyl (C=O) groups excluding carboxylic acids is 2. The molecule has 0 atom stereocenters. The van der Waals surface area contributed by atoms with Gasteiger partial charge in [-0.3, -0.25) is 14.6 Å². The van der Waals surface area contributed by atoms with E-state index >= 15 is 0 Å². The smallest absolute Gasteiger partial charge is 0.253 e. The molecule has 2 aliphatic rings. The summed E-state index contributed by atoms with van der Waals surface area (Å²) in [5.41, 5.74) is 2.19. The molecule has 4 rings (SSSR count). The first kappa shape index (κ1) is 25.3. The average molecular weight is 517 g/mol. The quantitative estimate of drug-likeness (QED) is 0.638. The second-order valence-electron chi connectivity index (χ2n) is 9.26. The number of amidine groups is 1. The maximum absolute atomic E-state index is 13.1. The first-order valence-corrected chi connectivity index (χ1v) is 13.5. The van der Waals surface area contributed by atoms with Crippen molar-refractivity contribution >= 4 is 39.3 Å². The summed E-state index contributed by atoms with van der Waals surface area (Å²) < 4.78 is 27.6. The Balaban J connectivity index is 1.39. The van der Waals surface area contributed by atoms with Crippen molar-refractivity contribution in [1.82, 2.24) is 14.5 Å². The van der Waals surface area contributed by atoms with Crippen LogP contribution in [0.1, 0.15) is 39.9 Å². The minimum absolute atomic E-state index is 0.0344. The van der Waals surface area contributed by atoms with Gasteiger partial charge >= 0.3 is 0 Å². The number of aliphatic imine (C=N–C) groups is 1. The molecule has 0 bridgehead atoms. The molecular weight excluding hydrogens is 488 g/mol. The summed E-state index contributed by atoms with van der Waals surface area (Å²) in [4.78, 5) is 31.1. The number of aryl methyl sites for hydroxylation is 2. The number of hydrogen-bond acceptors (Lipinski definition) is 5. The third-order valence-corrected chi connectivity index (χ3v) is 8.79. The van der Waals surface area contributed by atoms with E-state index in [4.69, 9.17) is 11.6 Å². The summed E-state index contributed by atoms with van der Waals surface area (Å²) in [5, 5.41) is 3.45. The summed E-state index contributed by atoms with van der Waals surface area (Å²) in [6.07, 6.45) is 1.01. The molecule has 1 saturated heterocycles. The lowest BCUT2D eigenvalue weighted by atomic mass is 9.89. The summed E-state index contributed by atoms with van der Waals surface area (Å²) in [6.45, 7) is 2.36. The van der Waals surface area contributed by atoms with Crippen molar-refractivity contribution in [2.45, 2.75) is 31.7 Å². The van der Waals surface area contributed by atoms with Crippen molar-refractivity contribution in [3.05, 3.63) is 69.7 Å². The van der Waals surface area contributed by atoms with Crippen LogP contribution in [-0.2, 0) is 21.2 Å². The van der Waals surface area contributed by atoms with Crippen LogP contribution in [-0.4, -0.2) is 73.7 Å². The van der Waals surface area contributed by atoms with Gasteiger partial charge in [0, 0.05) is 43.3 Å². The number of rotatable bonds is 6. The fourth-order valence-corrected chi connectivity index (χ4v) is 6.07. The van der Waals surface area contributed by atoms with Gasteiger partial charge in [0.05, 0.1) is 5.75 Å². The highest BCUT2D eigenvalue weighted by atomic mass is 35.5. The minimum Gasteiger partial charge on any atom is -0.345 e. The Kier molecular flexibility index (Phi) is 7.04. The number of benzene rings is 2. The molecule has 2 aromatic carbocycles. The molecule has 1 fully saturated rings. The molecule has 0 saturated carbocycles. The number of amides is 2. The van der Waals surface area contributed by atoms with E-state index in [0.717, 1.165) is 16.7 Å². The van der Waals surface area contributed by atoms with Crippen LogP contribution in [0.3, 0.4) is 0 Å². The van der Waals surface area contributed by atoms with Crippen LogP contribution in [0.2, 0.25) is 5.02 Å². The van der Waals surface area contributed by atoms with Crippen LogP contribution in [0, 0.1) is 6.92 Å². The Morgan fingerprint density at radius 2 is 1.80 bits per heavy atom. The molecule has 0 unspecified atom stereocenters. The Labute approximate surface area is 211 Å². The van der Waals surface area contributed by atoms with Crippen molar-refractivity contribution < 1.29 is 18.0 Å². The molecule has 1 N–H and O–H groups in total. The molecule has 0 aliphatic carbocycles. The van der Waals surface area contributed by atoms with Crippen molar-refractivity contribution in [3.8, 4) is 0 Å². The molecule has 0 aromatic heterocycles. The molecule has 2 aromatic rings. The summed E-state index contributed by atoms with van der Waals surface area (Å²) >= 11 is 5.95. The molecule has 186 valence electrons. The van der Waals surface area contributed by atoms with E-state index in [1.54, 1.807) is 50.5 Å². The molecule has 2 heterocycles. The fraction of sp³-hybridized carbons (Fsp3) is 0.400. The lowest BCUT2D eigenvalue weighted by Gasteiger charge is -2.34. The van der Waals surface area contributed by atoms with Gasteiger partial charge in [-0.1, -0.05) is 17.7 Å². The number of carbonyl (C=O) groups is 2. The van der Waals surface area contributed by atoms with E-state index in [1.165, 1.54) is 9.21 Å². The predicted octanol–water partition coefficient (Wildman–Crippen LogP) is 2.63. The zero-order chi connectivity index (χ0) is 25.4. The molecule has 10 heteroatoms. The van der Waals surface area contributed by atoms with E-state index < -0.39 is 15.6 Å². The topological polar surface area (TPSA) is 99.2 Å². The van der Waals surface area contributed by atoms with Crippen LogP contribution >= 0.6 is 11.6 Å². The highest BCUT2D eigenvalue weighted by Crippen LogP contribution is 2.32. The van der Waals surface area contributed by atoms with Crippen LogP contribution in [0.15, 0.2) is 47.5 Å². The van der Waals surface area contributed by atoms with Gasteiger partial charge in [-0.25, -0.2) is 12.7 Å². The number of nitrogens with one attached hydrogen (secondary N) is 1. The normalized spacial score (nSPS) is 17.8. The van der Waals surface area contributed by atoms with Crippen molar-refractivity contribution in [2.24, 2.45) is 4.99 Å². The Morgan fingerprint density at radius 3 is 2.40 bits per heavy atom. The summed E-state index contributed by atoms with van der Waals surface area (Å²) in [6, 6.07) is 12.4. The summed E-state index contributed by atoms with van der Waals surface area (Å²) in [7, 11) is -0.120. The van der Waals surface area contributed by atoms with Crippen LogP contribution < -0.4 is 5.32 Å². The molecule has 1 spiro atoms. The van der Waals surface area contributed by atoms with E-state index in [1.807, 2.05) is 13.0 Å². The van der Waals surface area contributed by atoms with Crippen molar-refractivity contribution in [3.63, 3.8) is 0 Å². The number of piperidine rings is 1. The second-order valence-corrected chi connectivity index (χ2v) is 11.8. The molecule has 0 radical (unpaired) electrons. The van der Waals surface area contributed by atoms with Crippen molar-refractivity contribution in [2.75, 3.05) is 32.9 Å². The van der Waals surface area contributed by atoms with Gasteiger partial charge in [0.15, 0.2) is 0 Å². The van der Waals surface area contributed by atoms with Gasteiger partial charge in [-0.2, -0.15) is 0 Å². The van der Waals surface area contributed by atoms with E-state index in [-0.39, 0.29) is 30.7 Å². The number of nitrogens with zero attached hydrogens (tertiary/aromatic N) is 3. The first-order chi connectivity index (χ1) is 16.5. The van der Waals surface area contributed by atoms with Crippen LogP contribution in [0.4, 0.5) is 0 Å².